The molecule has 3 rings (SSSR count). The van der Waals surface area contributed by atoms with Crippen LogP contribution in [0, 0.1) is 8.99 Å². The highest BCUT2D eigenvalue weighted by Gasteiger charge is 2.34. The molecule has 2 heterocycles. The molecule has 0 spiro atoms. The number of amides is 2. The van der Waals surface area contributed by atoms with Crippen molar-refractivity contribution in [1.82, 2.24) is 10.6 Å². The monoisotopic (exact) mass is 563 g/mol. The molecule has 0 saturated heterocycles. The minimum absolute atomic E-state index is 0.0979. The Morgan fingerprint density at radius 2 is 2.17 bits per heavy atom. The molecule has 0 aliphatic carbocycles. The number of anilines is 2. The van der Waals surface area contributed by atoms with Crippen molar-refractivity contribution in [2.75, 3.05) is 25.0 Å². The first-order valence-corrected chi connectivity index (χ1v) is 11.6. The van der Waals surface area contributed by atoms with Crippen LogP contribution < -0.4 is 16.0 Å². The highest BCUT2D eigenvalue weighted by Crippen LogP contribution is 2.41. The molecule has 10 heteroatoms. The summed E-state index contributed by atoms with van der Waals surface area (Å²) in [5.74, 6) is -0.638. The number of hydrogen-bond acceptors (Lipinski definition) is 6. The van der Waals surface area contributed by atoms with Gasteiger partial charge in [0, 0.05) is 16.7 Å². The molecule has 2 aromatic rings. The van der Waals surface area contributed by atoms with E-state index in [1.807, 2.05) is 26.0 Å². The van der Waals surface area contributed by atoms with E-state index in [4.69, 9.17) is 16.7 Å². The van der Waals surface area contributed by atoms with Crippen LogP contribution in [-0.2, 0) is 6.42 Å². The van der Waals surface area contributed by atoms with E-state index in [2.05, 4.69) is 38.5 Å². The van der Waals surface area contributed by atoms with Crippen molar-refractivity contribution in [2.45, 2.75) is 26.4 Å². The van der Waals surface area contributed by atoms with Gasteiger partial charge in [-0.05, 0) is 58.2 Å². The van der Waals surface area contributed by atoms with Gasteiger partial charge in [0.25, 0.3) is 11.8 Å². The summed E-state index contributed by atoms with van der Waals surface area (Å²) in [5, 5.41) is 28.4. The molecule has 0 bridgehead atoms. The van der Waals surface area contributed by atoms with Crippen molar-refractivity contribution in [2.24, 2.45) is 5.41 Å². The summed E-state index contributed by atoms with van der Waals surface area (Å²) in [4.78, 5) is 26.3. The van der Waals surface area contributed by atoms with E-state index in [1.165, 1.54) is 11.3 Å². The van der Waals surface area contributed by atoms with Crippen LogP contribution in [0.15, 0.2) is 18.2 Å². The second-order valence-corrected chi connectivity index (χ2v) is 10.6. The molecule has 5 N–H and O–H groups in total. The lowest BCUT2D eigenvalue weighted by molar-refractivity contribution is 0.0802. The maximum atomic E-state index is 13.1. The molecular weight excluding hydrogens is 541 g/mol. The lowest BCUT2D eigenvalue weighted by atomic mass is 9.85. The summed E-state index contributed by atoms with van der Waals surface area (Å²) in [6.07, 6.45) is -0.529. The molecule has 1 aromatic heterocycles. The SMILES string of the molecule is CC1(C)CNC(=O)c2sc(Nc3ccc(I)cc3Cl)c(C(=O)NC[C@H](O)CO)c2C1. The third-order valence-electron chi connectivity index (χ3n) is 4.71. The third-order valence-corrected chi connectivity index (χ3v) is 6.84. The summed E-state index contributed by atoms with van der Waals surface area (Å²) in [6.45, 7) is 4.00. The Bertz CT molecular complexity index is 979. The summed E-state index contributed by atoms with van der Waals surface area (Å²) >= 11 is 9.72. The van der Waals surface area contributed by atoms with E-state index in [0.29, 0.717) is 44.7 Å². The average Bonchev–Trinajstić information content (AvgIpc) is 2.98. The number of halogens is 2. The van der Waals surface area contributed by atoms with E-state index in [-0.39, 0.29) is 17.9 Å². The van der Waals surface area contributed by atoms with Gasteiger partial charge in [0.1, 0.15) is 5.00 Å². The number of aliphatic hydroxyl groups is 2. The van der Waals surface area contributed by atoms with Crippen LogP contribution in [0.25, 0.3) is 0 Å². The molecule has 0 fully saturated rings. The molecule has 0 radical (unpaired) electrons. The summed E-state index contributed by atoms with van der Waals surface area (Å²) in [6, 6.07) is 5.51. The highest BCUT2D eigenvalue weighted by atomic mass is 127. The lowest BCUT2D eigenvalue weighted by Gasteiger charge is -2.22. The third kappa shape index (κ3) is 5.25. The van der Waals surface area contributed by atoms with Gasteiger partial charge in [0.15, 0.2) is 0 Å². The second-order valence-electron chi connectivity index (χ2n) is 7.93. The van der Waals surface area contributed by atoms with Crippen molar-refractivity contribution < 1.29 is 19.8 Å². The number of thiophene rings is 1. The lowest BCUT2D eigenvalue weighted by Crippen LogP contribution is -2.34. The van der Waals surface area contributed by atoms with Gasteiger partial charge >= 0.3 is 0 Å². The number of fused-ring (bicyclic) bond motifs is 1. The largest absolute Gasteiger partial charge is 0.394 e. The van der Waals surface area contributed by atoms with Crippen LogP contribution in [0.5, 0.6) is 0 Å². The standard InChI is InChI=1S/C20H23ClIN3O4S/c1-20(2)6-12-15(17(28)23-7-11(27)8-26)19(30-16(12)18(29)24-9-20)25-14-4-3-10(22)5-13(14)21/h3-5,11,25-27H,6-9H2,1-2H3,(H,23,28)(H,24,29)/t11-/m0/s1. The Kier molecular flexibility index (Phi) is 7.28. The van der Waals surface area contributed by atoms with Gasteiger partial charge in [-0.1, -0.05) is 25.4 Å². The normalized spacial score (nSPS) is 16.3. The fraction of sp³-hybridized carbons (Fsp3) is 0.400. The van der Waals surface area contributed by atoms with Gasteiger partial charge in [0.05, 0.1) is 33.9 Å². The Morgan fingerprint density at radius 1 is 1.43 bits per heavy atom. The van der Waals surface area contributed by atoms with Crippen LogP contribution in [-0.4, -0.2) is 47.8 Å². The fourth-order valence-corrected chi connectivity index (χ4v) is 5.21. The van der Waals surface area contributed by atoms with Crippen molar-refractivity contribution >= 4 is 68.0 Å². The first-order chi connectivity index (χ1) is 14.1. The molecule has 2 amide bonds. The topological polar surface area (TPSA) is 111 Å². The molecule has 1 aromatic carbocycles. The summed E-state index contributed by atoms with van der Waals surface area (Å²) < 4.78 is 0.974. The molecular formula is C20H23ClIN3O4S. The maximum absolute atomic E-state index is 13.1. The molecule has 0 unspecified atom stereocenters. The fourth-order valence-electron chi connectivity index (χ4n) is 3.16. The van der Waals surface area contributed by atoms with Crippen LogP contribution in [0.2, 0.25) is 5.02 Å². The number of hydrogen-bond donors (Lipinski definition) is 5. The summed E-state index contributed by atoms with van der Waals surface area (Å²) in [7, 11) is 0. The van der Waals surface area contributed by atoms with Crippen LogP contribution in [0.4, 0.5) is 10.7 Å². The molecule has 1 atom stereocenters. The number of rotatable bonds is 6. The Hall–Kier alpha value is -1.40. The molecule has 1 aliphatic heterocycles. The number of benzene rings is 1. The Morgan fingerprint density at radius 3 is 2.83 bits per heavy atom. The van der Waals surface area contributed by atoms with E-state index in [9.17, 15) is 14.7 Å². The van der Waals surface area contributed by atoms with Crippen LogP contribution in [0.1, 0.15) is 39.4 Å². The molecule has 162 valence electrons. The van der Waals surface area contributed by atoms with Gasteiger partial charge in [-0.3, -0.25) is 9.59 Å². The zero-order valence-electron chi connectivity index (χ0n) is 16.5. The van der Waals surface area contributed by atoms with Crippen molar-refractivity contribution in [3.8, 4) is 0 Å². The van der Waals surface area contributed by atoms with E-state index < -0.39 is 18.6 Å². The number of aliphatic hydroxyl groups excluding tert-OH is 2. The predicted octanol–water partition coefficient (Wildman–Crippen LogP) is 3.14. The maximum Gasteiger partial charge on any atom is 0.261 e. The highest BCUT2D eigenvalue weighted by molar-refractivity contribution is 14.1. The van der Waals surface area contributed by atoms with E-state index in [0.717, 1.165) is 3.57 Å². The van der Waals surface area contributed by atoms with Gasteiger partial charge in [-0.2, -0.15) is 0 Å². The zero-order valence-corrected chi connectivity index (χ0v) is 20.2. The van der Waals surface area contributed by atoms with Gasteiger partial charge in [-0.25, -0.2) is 0 Å². The van der Waals surface area contributed by atoms with E-state index in [1.54, 1.807) is 6.07 Å². The quantitative estimate of drug-likeness (QED) is 0.347. The molecule has 30 heavy (non-hydrogen) atoms. The van der Waals surface area contributed by atoms with E-state index >= 15 is 0 Å². The smallest absolute Gasteiger partial charge is 0.261 e. The van der Waals surface area contributed by atoms with Gasteiger partial charge in [-0.15, -0.1) is 11.3 Å². The number of carbonyl (C=O) groups is 2. The van der Waals surface area contributed by atoms with Crippen molar-refractivity contribution in [3.63, 3.8) is 0 Å². The minimum Gasteiger partial charge on any atom is -0.394 e. The zero-order chi connectivity index (χ0) is 22.1. The van der Waals surface area contributed by atoms with Crippen LogP contribution in [0.3, 0.4) is 0 Å². The van der Waals surface area contributed by atoms with Crippen molar-refractivity contribution in [1.29, 1.82) is 0 Å². The second kappa shape index (κ2) is 9.39. The molecule has 0 saturated carbocycles. The first kappa shape index (κ1) is 23.3. The van der Waals surface area contributed by atoms with Crippen LogP contribution >= 0.6 is 45.5 Å². The van der Waals surface area contributed by atoms with Gasteiger partial charge < -0.3 is 26.2 Å². The van der Waals surface area contributed by atoms with Gasteiger partial charge in [0.2, 0.25) is 0 Å². The number of carbonyl (C=O) groups excluding carboxylic acids is 2. The Labute approximate surface area is 197 Å². The number of nitrogens with one attached hydrogen (secondary N) is 3. The molecule has 7 nitrogen and oxygen atoms in total. The predicted molar refractivity (Wildman–Crippen MR) is 127 cm³/mol. The first-order valence-electron chi connectivity index (χ1n) is 9.34. The molecule has 1 aliphatic rings. The average molecular weight is 564 g/mol. The minimum atomic E-state index is -1.06. The van der Waals surface area contributed by atoms with Crippen molar-refractivity contribution in [3.05, 3.63) is 42.8 Å². The summed E-state index contributed by atoms with van der Waals surface area (Å²) in [5.41, 5.74) is 1.41. The Balaban J connectivity index is 2.05.